The fourth-order valence-electron chi connectivity index (χ4n) is 2.99. The molecule has 1 aliphatic heterocycles. The number of likely N-dealkylation sites (tertiary alicyclic amines) is 1. The van der Waals surface area contributed by atoms with Crippen molar-refractivity contribution >= 4 is 11.8 Å². The second kappa shape index (κ2) is 8.19. The molecule has 1 aromatic carbocycles. The number of amides is 2. The lowest BCUT2D eigenvalue weighted by molar-refractivity contribution is -0.133. The van der Waals surface area contributed by atoms with Crippen LogP contribution in [0.25, 0.3) is 0 Å². The molecule has 7 heteroatoms. The quantitative estimate of drug-likeness (QED) is 0.859. The smallest absolute Gasteiger partial charge is 0.224 e. The molecule has 0 radical (unpaired) electrons. The van der Waals surface area contributed by atoms with Gasteiger partial charge in [-0.15, -0.1) is 0 Å². The van der Waals surface area contributed by atoms with E-state index in [1.54, 1.807) is 4.90 Å². The van der Waals surface area contributed by atoms with Crippen LogP contribution in [0.2, 0.25) is 0 Å². The van der Waals surface area contributed by atoms with E-state index in [0.717, 1.165) is 25.0 Å². The van der Waals surface area contributed by atoms with Crippen LogP contribution in [0, 0.1) is 11.6 Å². The molecule has 0 bridgehead atoms. The molecule has 2 rings (SSSR count). The van der Waals surface area contributed by atoms with Crippen molar-refractivity contribution in [2.45, 2.75) is 38.3 Å². The number of carbonyl (C=O) groups excluding carboxylic acids is 2. The summed E-state index contributed by atoms with van der Waals surface area (Å²) in [6.45, 7) is 2.56. The molecule has 1 fully saturated rings. The minimum absolute atomic E-state index is 0.0493. The highest BCUT2D eigenvalue weighted by molar-refractivity contribution is 5.79. The van der Waals surface area contributed by atoms with Gasteiger partial charge in [0.25, 0.3) is 0 Å². The third-order valence-electron chi connectivity index (χ3n) is 4.35. The summed E-state index contributed by atoms with van der Waals surface area (Å²) in [5.74, 6) is -1.98. The number of nitrogens with one attached hydrogen (secondary N) is 2. The Morgan fingerprint density at radius 1 is 1.29 bits per heavy atom. The van der Waals surface area contributed by atoms with Crippen LogP contribution in [-0.2, 0) is 9.59 Å². The number of carbonyl (C=O) groups is 2. The summed E-state index contributed by atoms with van der Waals surface area (Å²) in [4.78, 5) is 25.6. The first kappa shape index (κ1) is 18.3. The van der Waals surface area contributed by atoms with Gasteiger partial charge in [-0.2, -0.15) is 0 Å². The van der Waals surface area contributed by atoms with Crippen LogP contribution in [0.5, 0.6) is 0 Å². The molecule has 1 atom stereocenters. The Hall–Kier alpha value is -2.02. The van der Waals surface area contributed by atoms with E-state index in [9.17, 15) is 18.4 Å². The second-order valence-corrected chi connectivity index (χ2v) is 6.07. The number of benzene rings is 1. The van der Waals surface area contributed by atoms with E-state index in [1.807, 2.05) is 7.05 Å². The van der Waals surface area contributed by atoms with Crippen LogP contribution in [0.15, 0.2) is 18.2 Å². The first-order valence-electron chi connectivity index (χ1n) is 8.07. The topological polar surface area (TPSA) is 61.4 Å². The lowest BCUT2D eigenvalue weighted by Gasteiger charge is -2.33. The molecular formula is C17H23F2N3O2. The van der Waals surface area contributed by atoms with E-state index in [-0.39, 0.29) is 23.8 Å². The highest BCUT2D eigenvalue weighted by atomic mass is 19.1. The molecule has 1 aliphatic rings. The van der Waals surface area contributed by atoms with Crippen LogP contribution < -0.4 is 10.6 Å². The van der Waals surface area contributed by atoms with Gasteiger partial charge in [-0.1, -0.05) is 6.07 Å². The Morgan fingerprint density at radius 3 is 2.50 bits per heavy atom. The monoisotopic (exact) mass is 339 g/mol. The first-order chi connectivity index (χ1) is 11.4. The van der Waals surface area contributed by atoms with Crippen LogP contribution in [0.1, 0.15) is 37.8 Å². The molecule has 2 amide bonds. The van der Waals surface area contributed by atoms with Crippen molar-refractivity contribution in [3.8, 4) is 0 Å². The van der Waals surface area contributed by atoms with E-state index < -0.39 is 17.7 Å². The maximum Gasteiger partial charge on any atom is 0.224 e. The van der Waals surface area contributed by atoms with Crippen LogP contribution >= 0.6 is 0 Å². The van der Waals surface area contributed by atoms with Gasteiger partial charge in [-0.3, -0.25) is 9.59 Å². The zero-order valence-electron chi connectivity index (χ0n) is 13.9. The molecule has 5 nitrogen and oxygen atoms in total. The van der Waals surface area contributed by atoms with Crippen LogP contribution in [0.3, 0.4) is 0 Å². The fraction of sp³-hybridized carbons (Fsp3) is 0.529. The summed E-state index contributed by atoms with van der Waals surface area (Å²) in [5.41, 5.74) is 0.116. The number of piperidine rings is 1. The fourth-order valence-corrected chi connectivity index (χ4v) is 2.99. The minimum Gasteiger partial charge on any atom is -0.349 e. The largest absolute Gasteiger partial charge is 0.349 e. The molecule has 0 aliphatic carbocycles. The molecule has 132 valence electrons. The van der Waals surface area contributed by atoms with Gasteiger partial charge in [0.05, 0.1) is 12.5 Å². The highest BCUT2D eigenvalue weighted by Gasteiger charge is 2.26. The van der Waals surface area contributed by atoms with Gasteiger partial charge in [0.15, 0.2) is 0 Å². The average Bonchev–Trinajstić information content (AvgIpc) is 2.54. The normalized spacial score (nSPS) is 16.8. The van der Waals surface area contributed by atoms with E-state index >= 15 is 0 Å². The molecule has 1 heterocycles. The zero-order valence-corrected chi connectivity index (χ0v) is 13.9. The molecule has 1 saturated heterocycles. The zero-order chi connectivity index (χ0) is 17.7. The Morgan fingerprint density at radius 2 is 1.96 bits per heavy atom. The van der Waals surface area contributed by atoms with Gasteiger partial charge in [0.1, 0.15) is 11.6 Å². The van der Waals surface area contributed by atoms with Crippen molar-refractivity contribution in [3.05, 3.63) is 35.4 Å². The van der Waals surface area contributed by atoms with E-state index in [1.165, 1.54) is 13.0 Å². The van der Waals surface area contributed by atoms with Crippen LogP contribution in [-0.4, -0.2) is 42.9 Å². The van der Waals surface area contributed by atoms with Crippen molar-refractivity contribution in [2.75, 3.05) is 20.1 Å². The SMILES string of the molecule is CNC1CCN(C(=O)CC(NC(C)=O)c2ccc(F)cc2F)CC1. The predicted octanol–water partition coefficient (Wildman–Crippen LogP) is 1.74. The third kappa shape index (κ3) is 4.74. The number of hydrogen-bond acceptors (Lipinski definition) is 3. The summed E-state index contributed by atoms with van der Waals surface area (Å²) >= 11 is 0. The maximum absolute atomic E-state index is 14.0. The highest BCUT2D eigenvalue weighted by Crippen LogP contribution is 2.23. The van der Waals surface area contributed by atoms with Crippen molar-refractivity contribution in [3.63, 3.8) is 0 Å². The van der Waals surface area contributed by atoms with E-state index in [0.29, 0.717) is 19.1 Å². The van der Waals surface area contributed by atoms with Gasteiger partial charge in [0.2, 0.25) is 11.8 Å². The first-order valence-corrected chi connectivity index (χ1v) is 8.07. The van der Waals surface area contributed by atoms with Crippen molar-refractivity contribution in [2.24, 2.45) is 0 Å². The summed E-state index contributed by atoms with van der Waals surface area (Å²) in [5, 5.41) is 5.77. The van der Waals surface area contributed by atoms with E-state index in [4.69, 9.17) is 0 Å². The number of hydrogen-bond donors (Lipinski definition) is 2. The molecule has 1 unspecified atom stereocenters. The predicted molar refractivity (Wildman–Crippen MR) is 86.2 cm³/mol. The van der Waals surface area contributed by atoms with Crippen LogP contribution in [0.4, 0.5) is 8.78 Å². The summed E-state index contributed by atoms with van der Waals surface area (Å²) < 4.78 is 27.1. The lowest BCUT2D eigenvalue weighted by atomic mass is 10.00. The minimum atomic E-state index is -0.808. The Balaban J connectivity index is 2.08. The molecular weight excluding hydrogens is 316 g/mol. The van der Waals surface area contributed by atoms with Crippen molar-refractivity contribution in [1.82, 2.24) is 15.5 Å². The lowest BCUT2D eigenvalue weighted by Crippen LogP contribution is -2.45. The molecule has 1 aromatic rings. The Labute approximate surface area is 140 Å². The van der Waals surface area contributed by atoms with Gasteiger partial charge >= 0.3 is 0 Å². The van der Waals surface area contributed by atoms with Gasteiger partial charge in [0, 0.05) is 37.7 Å². The standard InChI is InChI=1S/C17H23F2N3O2/c1-11(23)21-16(14-4-3-12(18)9-15(14)19)10-17(24)22-7-5-13(20-2)6-8-22/h3-4,9,13,16,20H,5-8,10H2,1-2H3,(H,21,23). The number of nitrogens with zero attached hydrogens (tertiary/aromatic N) is 1. The maximum atomic E-state index is 14.0. The summed E-state index contributed by atoms with van der Waals surface area (Å²) in [6.07, 6.45) is 1.67. The van der Waals surface area contributed by atoms with Gasteiger partial charge in [-0.25, -0.2) is 8.78 Å². The van der Waals surface area contributed by atoms with Gasteiger partial charge in [-0.05, 0) is 26.0 Å². The van der Waals surface area contributed by atoms with E-state index in [2.05, 4.69) is 10.6 Å². The van der Waals surface area contributed by atoms with Gasteiger partial charge < -0.3 is 15.5 Å². The molecule has 2 N–H and O–H groups in total. The Kier molecular flexibility index (Phi) is 6.25. The number of halogens is 2. The molecule has 24 heavy (non-hydrogen) atoms. The molecule has 0 aromatic heterocycles. The second-order valence-electron chi connectivity index (χ2n) is 6.07. The Bertz CT molecular complexity index is 601. The average molecular weight is 339 g/mol. The molecule has 0 saturated carbocycles. The van der Waals surface area contributed by atoms with Crippen molar-refractivity contribution in [1.29, 1.82) is 0 Å². The number of rotatable bonds is 5. The third-order valence-corrected chi connectivity index (χ3v) is 4.35. The van der Waals surface area contributed by atoms with Crippen molar-refractivity contribution < 1.29 is 18.4 Å². The summed E-state index contributed by atoms with van der Waals surface area (Å²) in [6, 6.07) is 2.74. The summed E-state index contributed by atoms with van der Waals surface area (Å²) in [7, 11) is 1.90. The molecule has 0 spiro atoms.